The van der Waals surface area contributed by atoms with E-state index in [0.717, 1.165) is 11.3 Å². The van der Waals surface area contributed by atoms with Gasteiger partial charge in [0.1, 0.15) is 0 Å². The number of amides is 1. The first-order valence-electron chi connectivity index (χ1n) is 9.44. The first-order valence-corrected chi connectivity index (χ1v) is 12.1. The number of para-hydroxylation sites is 1. The Morgan fingerprint density at radius 2 is 1.83 bits per heavy atom. The van der Waals surface area contributed by atoms with Crippen LogP contribution in [-0.4, -0.2) is 56.5 Å². The van der Waals surface area contributed by atoms with Gasteiger partial charge in [-0.25, -0.2) is 8.42 Å². The lowest BCUT2D eigenvalue weighted by Crippen LogP contribution is -2.37. The van der Waals surface area contributed by atoms with Crippen LogP contribution in [0.4, 0.5) is 5.69 Å². The van der Waals surface area contributed by atoms with E-state index in [4.69, 9.17) is 9.47 Å². The molecule has 4 rings (SSSR count). The summed E-state index contributed by atoms with van der Waals surface area (Å²) in [7, 11) is 0.0124. The van der Waals surface area contributed by atoms with Gasteiger partial charge in [0.15, 0.2) is 26.5 Å². The van der Waals surface area contributed by atoms with Crippen LogP contribution in [0.5, 0.6) is 11.5 Å². The standard InChI is InChI=1S/C21H22N2O5S2/c1-27-17-9-8-14(10-18(17)28-2)11-20(24)22-21-23(15-6-4-3-5-7-15)16-12-30(25,26)13-19(16)29-21/h3-10,16,19H,11-13H2,1-2H3/t16-,19+/m0/s1. The summed E-state index contributed by atoms with van der Waals surface area (Å²) in [6.45, 7) is 0. The van der Waals surface area contributed by atoms with Gasteiger partial charge in [0.2, 0.25) is 0 Å². The molecule has 7 nitrogen and oxygen atoms in total. The highest BCUT2D eigenvalue weighted by molar-refractivity contribution is 8.16. The van der Waals surface area contributed by atoms with Crippen molar-refractivity contribution >= 4 is 38.4 Å². The van der Waals surface area contributed by atoms with Crippen LogP contribution < -0.4 is 14.4 Å². The Bertz CT molecular complexity index is 1090. The number of rotatable bonds is 5. The van der Waals surface area contributed by atoms with Gasteiger partial charge in [-0.1, -0.05) is 36.0 Å². The molecule has 0 aromatic heterocycles. The molecule has 2 atom stereocenters. The molecule has 2 aliphatic rings. The highest BCUT2D eigenvalue weighted by atomic mass is 32.2. The van der Waals surface area contributed by atoms with E-state index in [-0.39, 0.29) is 35.1 Å². The Labute approximate surface area is 180 Å². The molecule has 0 saturated carbocycles. The number of fused-ring (bicyclic) bond motifs is 1. The number of anilines is 1. The maximum absolute atomic E-state index is 12.7. The zero-order chi connectivity index (χ0) is 21.3. The fraction of sp³-hybridized carbons (Fsp3) is 0.333. The average molecular weight is 447 g/mol. The second kappa shape index (κ2) is 8.31. The Morgan fingerprint density at radius 3 is 2.53 bits per heavy atom. The summed E-state index contributed by atoms with van der Waals surface area (Å²) in [6, 6.07) is 14.6. The van der Waals surface area contributed by atoms with Gasteiger partial charge in [0, 0.05) is 10.9 Å². The van der Waals surface area contributed by atoms with Crippen LogP contribution in [0.1, 0.15) is 5.56 Å². The van der Waals surface area contributed by atoms with Crippen molar-refractivity contribution in [3.63, 3.8) is 0 Å². The van der Waals surface area contributed by atoms with Crippen LogP contribution in [0.15, 0.2) is 53.5 Å². The largest absolute Gasteiger partial charge is 0.493 e. The number of carbonyl (C=O) groups is 1. The first kappa shape index (κ1) is 20.7. The molecule has 0 radical (unpaired) electrons. The minimum absolute atomic E-state index is 0.0719. The summed E-state index contributed by atoms with van der Waals surface area (Å²) in [5, 5.41) is 0.430. The average Bonchev–Trinajstić information content (AvgIpc) is 3.18. The van der Waals surface area contributed by atoms with Crippen molar-refractivity contribution in [2.24, 2.45) is 4.99 Å². The van der Waals surface area contributed by atoms with E-state index in [1.807, 2.05) is 35.2 Å². The van der Waals surface area contributed by atoms with Crippen LogP contribution in [0.2, 0.25) is 0 Å². The summed E-state index contributed by atoms with van der Waals surface area (Å²) >= 11 is 1.37. The Kier molecular flexibility index (Phi) is 5.75. The zero-order valence-electron chi connectivity index (χ0n) is 16.6. The van der Waals surface area contributed by atoms with Crippen molar-refractivity contribution in [1.82, 2.24) is 0 Å². The number of hydrogen-bond acceptors (Lipinski definition) is 6. The fourth-order valence-corrected chi connectivity index (χ4v) is 7.70. The van der Waals surface area contributed by atoms with Crippen molar-refractivity contribution in [3.05, 3.63) is 54.1 Å². The lowest BCUT2D eigenvalue weighted by molar-refractivity contribution is -0.117. The minimum atomic E-state index is -3.09. The van der Waals surface area contributed by atoms with E-state index in [0.29, 0.717) is 16.7 Å². The number of carbonyl (C=O) groups excluding carboxylic acids is 1. The summed E-state index contributed by atoms with van der Waals surface area (Å²) in [4.78, 5) is 19.0. The van der Waals surface area contributed by atoms with Crippen molar-refractivity contribution in [2.45, 2.75) is 17.7 Å². The molecule has 2 heterocycles. The zero-order valence-corrected chi connectivity index (χ0v) is 18.3. The lowest BCUT2D eigenvalue weighted by atomic mass is 10.1. The smallest absolute Gasteiger partial charge is 0.252 e. The summed E-state index contributed by atoms with van der Waals surface area (Å²) in [5.41, 5.74) is 1.60. The van der Waals surface area contributed by atoms with Crippen LogP contribution in [0.25, 0.3) is 0 Å². The Hall–Kier alpha value is -2.52. The first-order chi connectivity index (χ1) is 14.4. The van der Waals surface area contributed by atoms with Gasteiger partial charge in [-0.3, -0.25) is 4.79 Å². The number of amidine groups is 1. The van der Waals surface area contributed by atoms with Gasteiger partial charge in [0.05, 0.1) is 38.2 Å². The molecule has 2 saturated heterocycles. The molecule has 9 heteroatoms. The number of aliphatic imine (C=N–C) groups is 1. The van der Waals surface area contributed by atoms with Crippen LogP contribution in [-0.2, 0) is 21.1 Å². The molecular formula is C21H22N2O5S2. The van der Waals surface area contributed by atoms with Crippen molar-refractivity contribution in [3.8, 4) is 11.5 Å². The quantitative estimate of drug-likeness (QED) is 0.698. The molecule has 0 spiro atoms. The van der Waals surface area contributed by atoms with Crippen molar-refractivity contribution in [2.75, 3.05) is 30.6 Å². The molecule has 158 valence electrons. The van der Waals surface area contributed by atoms with Gasteiger partial charge in [-0.15, -0.1) is 0 Å². The number of benzene rings is 2. The summed E-state index contributed by atoms with van der Waals surface area (Å²) in [6.07, 6.45) is 0.112. The van der Waals surface area contributed by atoms with E-state index >= 15 is 0 Å². The number of methoxy groups -OCH3 is 2. The third-order valence-electron chi connectivity index (χ3n) is 5.12. The second-order valence-corrected chi connectivity index (χ2v) is 10.5. The lowest BCUT2D eigenvalue weighted by Gasteiger charge is -2.24. The molecule has 0 bridgehead atoms. The van der Waals surface area contributed by atoms with Crippen LogP contribution >= 0.6 is 11.8 Å². The fourth-order valence-electron chi connectivity index (χ4n) is 3.77. The molecule has 0 unspecified atom stereocenters. The van der Waals surface area contributed by atoms with Crippen LogP contribution in [0, 0.1) is 0 Å². The summed E-state index contributed by atoms with van der Waals surface area (Å²) < 4.78 is 34.8. The third-order valence-corrected chi connectivity index (χ3v) is 8.33. The topological polar surface area (TPSA) is 85.3 Å². The maximum atomic E-state index is 12.7. The number of hydrogen-bond donors (Lipinski definition) is 0. The maximum Gasteiger partial charge on any atom is 0.252 e. The molecule has 2 aliphatic heterocycles. The van der Waals surface area contributed by atoms with E-state index in [2.05, 4.69) is 4.99 Å². The minimum Gasteiger partial charge on any atom is -0.493 e. The molecule has 1 amide bonds. The number of sulfone groups is 1. The van der Waals surface area contributed by atoms with Crippen molar-refractivity contribution in [1.29, 1.82) is 0 Å². The predicted octanol–water partition coefficient (Wildman–Crippen LogP) is 2.55. The Morgan fingerprint density at radius 1 is 1.10 bits per heavy atom. The van der Waals surface area contributed by atoms with E-state index in [1.54, 1.807) is 32.4 Å². The van der Waals surface area contributed by atoms with Gasteiger partial charge >= 0.3 is 0 Å². The van der Waals surface area contributed by atoms with E-state index in [1.165, 1.54) is 11.8 Å². The molecule has 0 N–H and O–H groups in total. The SMILES string of the molecule is COc1ccc(CC(=O)N=C2S[C@@H]3CS(=O)(=O)C[C@@H]3N2c2ccccc2)cc1OC. The van der Waals surface area contributed by atoms with Gasteiger partial charge in [-0.05, 0) is 29.8 Å². The number of ether oxygens (including phenoxy) is 2. The highest BCUT2D eigenvalue weighted by Gasteiger charge is 2.49. The second-order valence-electron chi connectivity index (χ2n) is 7.16. The normalized spacial score (nSPS) is 23.4. The van der Waals surface area contributed by atoms with E-state index in [9.17, 15) is 13.2 Å². The number of nitrogens with zero attached hydrogens (tertiary/aromatic N) is 2. The third kappa shape index (κ3) is 4.17. The molecule has 2 aromatic rings. The molecule has 30 heavy (non-hydrogen) atoms. The molecular weight excluding hydrogens is 424 g/mol. The van der Waals surface area contributed by atoms with Crippen molar-refractivity contribution < 1.29 is 22.7 Å². The van der Waals surface area contributed by atoms with Gasteiger partial charge < -0.3 is 14.4 Å². The van der Waals surface area contributed by atoms with Gasteiger partial charge in [0.25, 0.3) is 5.91 Å². The van der Waals surface area contributed by atoms with Gasteiger partial charge in [-0.2, -0.15) is 4.99 Å². The highest BCUT2D eigenvalue weighted by Crippen LogP contribution is 2.41. The summed E-state index contributed by atoms with van der Waals surface area (Å²) in [5.74, 6) is 1.03. The van der Waals surface area contributed by atoms with Crippen LogP contribution in [0.3, 0.4) is 0 Å². The van der Waals surface area contributed by atoms with E-state index < -0.39 is 9.84 Å². The number of thioether (sulfide) groups is 1. The molecule has 2 aromatic carbocycles. The predicted molar refractivity (Wildman–Crippen MR) is 118 cm³/mol. The monoisotopic (exact) mass is 446 g/mol. The molecule has 2 fully saturated rings. The Balaban J connectivity index is 1.59. The molecule has 0 aliphatic carbocycles.